The van der Waals surface area contributed by atoms with Gasteiger partial charge in [0.2, 0.25) is 0 Å². The molecule has 0 aliphatic rings. The van der Waals surface area contributed by atoms with E-state index in [1.54, 1.807) is 7.11 Å². The van der Waals surface area contributed by atoms with Crippen LogP contribution in [0.5, 0.6) is 5.75 Å². The number of methoxy groups -OCH3 is 1. The first kappa shape index (κ1) is 14.5. The molecule has 0 heterocycles. The third-order valence-corrected chi connectivity index (χ3v) is 3.32. The minimum Gasteiger partial charge on any atom is -0.496 e. The highest BCUT2D eigenvalue weighted by atomic mass is 79.9. The third kappa shape index (κ3) is 4.66. The summed E-state index contributed by atoms with van der Waals surface area (Å²) < 4.78 is 6.31. The topological polar surface area (TPSA) is 41.5 Å². The van der Waals surface area contributed by atoms with Crippen LogP contribution in [0.3, 0.4) is 0 Å². The second-order valence-corrected chi connectivity index (χ2v) is 5.33. The van der Waals surface area contributed by atoms with E-state index < -0.39 is 5.60 Å². The molecule has 0 saturated heterocycles. The molecular formula is C13H20BrNO2. The Kier molecular flexibility index (Phi) is 5.43. The molecule has 0 aliphatic heterocycles. The first-order valence-electron chi connectivity index (χ1n) is 5.74. The van der Waals surface area contributed by atoms with E-state index in [-0.39, 0.29) is 0 Å². The van der Waals surface area contributed by atoms with Crippen LogP contribution in [0.2, 0.25) is 0 Å². The number of halogens is 1. The van der Waals surface area contributed by atoms with Crippen LogP contribution in [-0.2, 0) is 6.54 Å². The average molecular weight is 302 g/mol. The molecule has 1 aromatic rings. The summed E-state index contributed by atoms with van der Waals surface area (Å²) in [6, 6.07) is 5.90. The van der Waals surface area contributed by atoms with Crippen molar-refractivity contribution < 1.29 is 9.84 Å². The Balaban J connectivity index is 2.59. The Morgan fingerprint density at radius 3 is 2.76 bits per heavy atom. The summed E-state index contributed by atoms with van der Waals surface area (Å²) in [6.07, 6.45) is 0.732. The van der Waals surface area contributed by atoms with Gasteiger partial charge < -0.3 is 15.2 Å². The molecule has 1 atom stereocenters. The number of hydrogen-bond donors (Lipinski definition) is 2. The summed E-state index contributed by atoms with van der Waals surface area (Å²) >= 11 is 3.44. The van der Waals surface area contributed by atoms with Crippen molar-refractivity contribution in [2.75, 3.05) is 13.7 Å². The Labute approximate surface area is 111 Å². The lowest BCUT2D eigenvalue weighted by Crippen LogP contribution is -2.36. The fourth-order valence-electron chi connectivity index (χ4n) is 1.48. The van der Waals surface area contributed by atoms with Crippen LogP contribution in [0, 0.1) is 0 Å². The molecule has 0 fully saturated rings. The molecular weight excluding hydrogens is 282 g/mol. The Hall–Kier alpha value is -0.580. The maximum Gasteiger partial charge on any atom is 0.123 e. The number of benzene rings is 1. The van der Waals surface area contributed by atoms with Gasteiger partial charge in [0.15, 0.2) is 0 Å². The fourth-order valence-corrected chi connectivity index (χ4v) is 1.89. The number of rotatable bonds is 6. The van der Waals surface area contributed by atoms with Crippen molar-refractivity contribution in [3.8, 4) is 5.75 Å². The van der Waals surface area contributed by atoms with Crippen LogP contribution in [0.15, 0.2) is 22.7 Å². The molecule has 0 aromatic heterocycles. The largest absolute Gasteiger partial charge is 0.496 e. The van der Waals surface area contributed by atoms with Crippen molar-refractivity contribution >= 4 is 15.9 Å². The lowest BCUT2D eigenvalue weighted by Gasteiger charge is -2.22. The van der Waals surface area contributed by atoms with Gasteiger partial charge in [-0.2, -0.15) is 0 Å². The van der Waals surface area contributed by atoms with Crippen molar-refractivity contribution in [3.63, 3.8) is 0 Å². The van der Waals surface area contributed by atoms with Crippen LogP contribution < -0.4 is 10.1 Å². The number of nitrogens with one attached hydrogen (secondary N) is 1. The van der Waals surface area contributed by atoms with Crippen LogP contribution in [0.4, 0.5) is 0 Å². The fraction of sp³-hybridized carbons (Fsp3) is 0.538. The van der Waals surface area contributed by atoms with Crippen molar-refractivity contribution in [2.24, 2.45) is 0 Å². The van der Waals surface area contributed by atoms with E-state index in [0.717, 1.165) is 22.2 Å². The van der Waals surface area contributed by atoms with Crippen LogP contribution in [0.1, 0.15) is 25.8 Å². The van der Waals surface area contributed by atoms with Gasteiger partial charge in [-0.25, -0.2) is 0 Å². The van der Waals surface area contributed by atoms with Crippen molar-refractivity contribution in [1.82, 2.24) is 5.32 Å². The predicted molar refractivity (Wildman–Crippen MR) is 73.3 cm³/mol. The molecule has 3 nitrogen and oxygen atoms in total. The van der Waals surface area contributed by atoms with Crippen LogP contribution in [-0.4, -0.2) is 24.4 Å². The average Bonchev–Trinajstić information content (AvgIpc) is 2.29. The molecule has 1 aromatic carbocycles. The van der Waals surface area contributed by atoms with Gasteiger partial charge in [0.25, 0.3) is 0 Å². The van der Waals surface area contributed by atoms with Crippen molar-refractivity contribution in [2.45, 2.75) is 32.4 Å². The molecule has 0 aliphatic carbocycles. The monoisotopic (exact) mass is 301 g/mol. The van der Waals surface area contributed by atoms with E-state index in [4.69, 9.17) is 4.74 Å². The van der Waals surface area contributed by atoms with Crippen molar-refractivity contribution in [3.05, 3.63) is 28.2 Å². The molecule has 2 N–H and O–H groups in total. The summed E-state index contributed by atoms with van der Waals surface area (Å²) in [5.41, 5.74) is 0.424. The molecule has 1 rings (SSSR count). The third-order valence-electron chi connectivity index (χ3n) is 2.83. The van der Waals surface area contributed by atoms with Crippen molar-refractivity contribution in [1.29, 1.82) is 0 Å². The molecule has 0 saturated carbocycles. The minimum atomic E-state index is -0.654. The van der Waals surface area contributed by atoms with Crippen LogP contribution in [0.25, 0.3) is 0 Å². The van der Waals surface area contributed by atoms with Gasteiger partial charge in [0.1, 0.15) is 5.75 Å². The van der Waals surface area contributed by atoms with Gasteiger partial charge in [-0.1, -0.05) is 22.9 Å². The van der Waals surface area contributed by atoms with E-state index in [1.165, 1.54) is 0 Å². The number of hydrogen-bond acceptors (Lipinski definition) is 3. The van der Waals surface area contributed by atoms with Crippen LogP contribution >= 0.6 is 15.9 Å². The predicted octanol–water partition coefficient (Wildman–Crippen LogP) is 2.71. The molecule has 1 unspecified atom stereocenters. The zero-order valence-electron chi connectivity index (χ0n) is 10.6. The summed E-state index contributed by atoms with van der Waals surface area (Å²) in [7, 11) is 1.66. The second-order valence-electron chi connectivity index (χ2n) is 4.41. The van der Waals surface area contributed by atoms with Gasteiger partial charge in [-0.05, 0) is 31.5 Å². The van der Waals surface area contributed by atoms with Gasteiger partial charge in [0, 0.05) is 23.1 Å². The summed E-state index contributed by atoms with van der Waals surface area (Å²) in [4.78, 5) is 0. The summed E-state index contributed by atoms with van der Waals surface area (Å²) in [5, 5.41) is 13.1. The quantitative estimate of drug-likeness (QED) is 0.849. The lowest BCUT2D eigenvalue weighted by atomic mass is 10.0. The van der Waals surface area contributed by atoms with E-state index in [0.29, 0.717) is 13.1 Å². The zero-order chi connectivity index (χ0) is 12.9. The number of ether oxygens (including phenoxy) is 1. The lowest BCUT2D eigenvalue weighted by molar-refractivity contribution is 0.0555. The first-order chi connectivity index (χ1) is 7.98. The second kappa shape index (κ2) is 6.38. The highest BCUT2D eigenvalue weighted by Crippen LogP contribution is 2.22. The zero-order valence-corrected chi connectivity index (χ0v) is 12.2. The molecule has 0 radical (unpaired) electrons. The summed E-state index contributed by atoms with van der Waals surface area (Å²) in [6.45, 7) is 5.05. The molecule has 0 amide bonds. The maximum absolute atomic E-state index is 9.88. The highest BCUT2D eigenvalue weighted by molar-refractivity contribution is 9.10. The number of aliphatic hydroxyl groups is 1. The van der Waals surface area contributed by atoms with Gasteiger partial charge >= 0.3 is 0 Å². The van der Waals surface area contributed by atoms with E-state index >= 15 is 0 Å². The molecule has 4 heteroatoms. The van der Waals surface area contributed by atoms with Gasteiger partial charge in [-0.15, -0.1) is 0 Å². The Morgan fingerprint density at radius 2 is 2.18 bits per heavy atom. The van der Waals surface area contributed by atoms with Gasteiger partial charge in [0.05, 0.1) is 12.7 Å². The Morgan fingerprint density at radius 1 is 1.47 bits per heavy atom. The van der Waals surface area contributed by atoms with E-state index in [1.807, 2.05) is 32.0 Å². The highest BCUT2D eigenvalue weighted by Gasteiger charge is 2.16. The SMILES string of the molecule is CCC(C)(O)CNCc1cc(Br)ccc1OC. The standard InChI is InChI=1S/C13H20BrNO2/c1-4-13(2,16)9-15-8-10-7-11(14)5-6-12(10)17-3/h5-7,15-16H,4,8-9H2,1-3H3. The Bertz CT molecular complexity index is 366. The first-order valence-corrected chi connectivity index (χ1v) is 6.53. The van der Waals surface area contributed by atoms with Gasteiger partial charge in [-0.3, -0.25) is 0 Å². The molecule has 17 heavy (non-hydrogen) atoms. The molecule has 96 valence electrons. The summed E-state index contributed by atoms with van der Waals surface area (Å²) in [5.74, 6) is 0.858. The molecule has 0 bridgehead atoms. The molecule has 0 spiro atoms. The maximum atomic E-state index is 9.88. The smallest absolute Gasteiger partial charge is 0.123 e. The normalized spacial score (nSPS) is 14.4. The van der Waals surface area contributed by atoms with E-state index in [2.05, 4.69) is 21.2 Å². The van der Waals surface area contributed by atoms with E-state index in [9.17, 15) is 5.11 Å². The minimum absolute atomic E-state index is 0.569.